The Hall–Kier alpha value is -5.62. The molecule has 0 unspecified atom stereocenters. The summed E-state index contributed by atoms with van der Waals surface area (Å²) in [4.78, 5) is 44.6. The molecule has 4 N–H and O–H groups in total. The van der Waals surface area contributed by atoms with Crippen LogP contribution in [0.2, 0.25) is 0 Å². The number of nitrogens with one attached hydrogen (secondary N) is 2. The quantitative estimate of drug-likeness (QED) is 0.191. The standard InChI is InChI=1S/C32H32N10O2/c1-40(2)19-21-7-9-23(10-8-21)36-32-38-31(33)42(39-32)29-14-12-26-27(37-29)17-24(35-26)11-13-28(43)25-6-4-16-41(30(25)44)20-22-5-3-15-34-18-22/h3-10,12,14-18,35H,11,13,19-20H2,1-2H3,(H3,33,36,38,39). The lowest BCUT2D eigenvalue weighted by Gasteiger charge is -2.10. The van der Waals surface area contributed by atoms with Crippen molar-refractivity contribution in [3.05, 3.63) is 118 Å². The lowest BCUT2D eigenvalue weighted by Crippen LogP contribution is -2.26. The molecule has 44 heavy (non-hydrogen) atoms. The molecule has 0 saturated heterocycles. The van der Waals surface area contributed by atoms with Crippen molar-refractivity contribution in [1.29, 1.82) is 0 Å². The fourth-order valence-corrected chi connectivity index (χ4v) is 4.98. The maximum absolute atomic E-state index is 13.0. The van der Waals surface area contributed by atoms with Gasteiger partial charge in [-0.3, -0.25) is 14.6 Å². The highest BCUT2D eigenvalue weighted by Gasteiger charge is 2.15. The zero-order valence-electron chi connectivity index (χ0n) is 24.4. The van der Waals surface area contributed by atoms with E-state index in [0.29, 0.717) is 30.2 Å². The van der Waals surface area contributed by atoms with Gasteiger partial charge in [-0.25, -0.2) is 4.98 Å². The first-order valence-electron chi connectivity index (χ1n) is 14.2. The zero-order chi connectivity index (χ0) is 30.6. The monoisotopic (exact) mass is 588 g/mol. The molecule has 6 aromatic rings. The predicted octanol–water partition coefficient (Wildman–Crippen LogP) is 3.95. The number of fused-ring (bicyclic) bond motifs is 1. The summed E-state index contributed by atoms with van der Waals surface area (Å²) in [7, 11) is 4.06. The highest BCUT2D eigenvalue weighted by atomic mass is 16.1. The number of aromatic amines is 1. The minimum absolute atomic E-state index is 0.170. The average Bonchev–Trinajstić information content (AvgIpc) is 3.60. The molecule has 0 amide bonds. The molecule has 0 bridgehead atoms. The smallest absolute Gasteiger partial charge is 0.261 e. The number of Topliss-reactive ketones (excluding diaryl/α,β-unsaturated/α-hetero) is 1. The van der Waals surface area contributed by atoms with Gasteiger partial charge in [0.15, 0.2) is 11.6 Å². The Bertz CT molecular complexity index is 1970. The molecular weight excluding hydrogens is 556 g/mol. The number of hydrogen-bond acceptors (Lipinski definition) is 9. The maximum atomic E-state index is 13.0. The number of nitrogens with zero attached hydrogens (tertiary/aromatic N) is 7. The van der Waals surface area contributed by atoms with Gasteiger partial charge in [-0.05, 0) is 80.2 Å². The third-order valence-corrected chi connectivity index (χ3v) is 7.09. The lowest BCUT2D eigenvalue weighted by atomic mass is 10.1. The Morgan fingerprint density at radius 1 is 1.02 bits per heavy atom. The number of pyridine rings is 3. The third kappa shape index (κ3) is 6.40. The molecule has 0 saturated carbocycles. The van der Waals surface area contributed by atoms with Gasteiger partial charge in [0.1, 0.15) is 0 Å². The average molecular weight is 589 g/mol. The molecule has 0 aliphatic carbocycles. The van der Waals surface area contributed by atoms with E-state index in [1.165, 1.54) is 14.8 Å². The van der Waals surface area contributed by atoms with Gasteiger partial charge in [-0.15, -0.1) is 5.10 Å². The van der Waals surface area contributed by atoms with E-state index in [0.717, 1.165) is 29.0 Å². The van der Waals surface area contributed by atoms with E-state index in [1.54, 1.807) is 36.8 Å². The number of ketones is 1. The molecule has 1 aromatic carbocycles. The SMILES string of the molecule is CN(C)Cc1ccc(Nc2nc(N)n(-c3ccc4[nH]c(CCC(=O)c5cccn(Cc6cccnc6)c5=O)cc4n3)n2)cc1. The largest absolute Gasteiger partial charge is 0.368 e. The number of rotatable bonds is 11. The number of hydrogen-bond donors (Lipinski definition) is 3. The topological polar surface area (TPSA) is 153 Å². The van der Waals surface area contributed by atoms with Crippen LogP contribution in [0, 0.1) is 0 Å². The van der Waals surface area contributed by atoms with Crippen LogP contribution < -0.4 is 16.6 Å². The molecule has 222 valence electrons. The molecule has 5 heterocycles. The van der Waals surface area contributed by atoms with Crippen molar-refractivity contribution in [2.24, 2.45) is 0 Å². The number of H-pyrrole nitrogens is 1. The van der Waals surface area contributed by atoms with Crippen molar-refractivity contribution in [2.75, 3.05) is 25.1 Å². The molecular formula is C32H32N10O2. The van der Waals surface area contributed by atoms with Crippen LogP contribution in [0.25, 0.3) is 16.9 Å². The Morgan fingerprint density at radius 2 is 1.86 bits per heavy atom. The van der Waals surface area contributed by atoms with Crippen molar-refractivity contribution in [3.63, 3.8) is 0 Å². The van der Waals surface area contributed by atoms with Crippen molar-refractivity contribution in [3.8, 4) is 5.82 Å². The van der Waals surface area contributed by atoms with Crippen molar-refractivity contribution in [2.45, 2.75) is 25.9 Å². The van der Waals surface area contributed by atoms with Gasteiger partial charge >= 0.3 is 0 Å². The fraction of sp³-hybridized carbons (Fsp3) is 0.188. The first kappa shape index (κ1) is 28.5. The van der Waals surface area contributed by atoms with E-state index >= 15 is 0 Å². The summed E-state index contributed by atoms with van der Waals surface area (Å²) in [6, 6.07) is 20.6. The van der Waals surface area contributed by atoms with Gasteiger partial charge in [0, 0.05) is 42.9 Å². The van der Waals surface area contributed by atoms with Crippen molar-refractivity contribution >= 4 is 34.4 Å². The Labute approximate surface area is 253 Å². The van der Waals surface area contributed by atoms with E-state index in [1.807, 2.05) is 50.5 Å². The molecule has 0 fully saturated rings. The summed E-state index contributed by atoms with van der Waals surface area (Å²) in [6.07, 6.45) is 5.66. The first-order chi connectivity index (χ1) is 21.3. The second-order valence-electron chi connectivity index (χ2n) is 10.8. The number of anilines is 3. The van der Waals surface area contributed by atoms with Gasteiger partial charge < -0.3 is 25.5 Å². The summed E-state index contributed by atoms with van der Waals surface area (Å²) >= 11 is 0. The highest BCUT2D eigenvalue weighted by molar-refractivity contribution is 5.95. The van der Waals surface area contributed by atoms with E-state index in [4.69, 9.17) is 10.7 Å². The van der Waals surface area contributed by atoms with Gasteiger partial charge in [-0.1, -0.05) is 18.2 Å². The second kappa shape index (κ2) is 12.3. The Morgan fingerprint density at radius 3 is 2.64 bits per heavy atom. The minimum atomic E-state index is -0.315. The van der Waals surface area contributed by atoms with E-state index in [9.17, 15) is 9.59 Å². The summed E-state index contributed by atoms with van der Waals surface area (Å²) in [5.41, 5.74) is 11.3. The van der Waals surface area contributed by atoms with Gasteiger partial charge in [0.25, 0.3) is 5.56 Å². The van der Waals surface area contributed by atoms with E-state index in [-0.39, 0.29) is 29.3 Å². The second-order valence-corrected chi connectivity index (χ2v) is 10.8. The number of carbonyl (C=O) groups is 1. The number of nitrogens with two attached hydrogens (primary N) is 1. The Balaban J connectivity index is 1.13. The van der Waals surface area contributed by atoms with Gasteiger partial charge in [-0.2, -0.15) is 9.67 Å². The number of nitrogen functional groups attached to an aromatic ring is 1. The normalized spacial score (nSPS) is 11.3. The minimum Gasteiger partial charge on any atom is -0.368 e. The zero-order valence-corrected chi connectivity index (χ0v) is 24.4. The number of benzene rings is 1. The fourth-order valence-electron chi connectivity index (χ4n) is 4.98. The lowest BCUT2D eigenvalue weighted by molar-refractivity contribution is 0.0980. The molecule has 0 spiro atoms. The summed E-state index contributed by atoms with van der Waals surface area (Å²) < 4.78 is 3.00. The predicted molar refractivity (Wildman–Crippen MR) is 169 cm³/mol. The maximum Gasteiger partial charge on any atom is 0.261 e. The van der Waals surface area contributed by atoms with Crippen LogP contribution in [0.5, 0.6) is 0 Å². The van der Waals surface area contributed by atoms with Crippen LogP contribution in [0.1, 0.15) is 33.6 Å². The van der Waals surface area contributed by atoms with Crippen LogP contribution in [0.3, 0.4) is 0 Å². The number of aromatic nitrogens is 7. The highest BCUT2D eigenvalue weighted by Crippen LogP contribution is 2.21. The van der Waals surface area contributed by atoms with Crippen molar-refractivity contribution < 1.29 is 4.79 Å². The van der Waals surface area contributed by atoms with Crippen molar-refractivity contribution in [1.82, 2.24) is 39.2 Å². The van der Waals surface area contributed by atoms with Gasteiger partial charge in [0.2, 0.25) is 11.9 Å². The van der Waals surface area contributed by atoms with Gasteiger partial charge in [0.05, 0.1) is 23.1 Å². The molecule has 12 nitrogen and oxygen atoms in total. The number of aryl methyl sites for hydroxylation is 1. The van der Waals surface area contributed by atoms with Crippen LogP contribution in [0.15, 0.2) is 90.1 Å². The van der Waals surface area contributed by atoms with E-state index < -0.39 is 0 Å². The molecule has 5 aromatic heterocycles. The summed E-state index contributed by atoms with van der Waals surface area (Å²) in [6.45, 7) is 1.20. The van der Waals surface area contributed by atoms with Crippen LogP contribution in [-0.2, 0) is 19.5 Å². The van der Waals surface area contributed by atoms with Crippen LogP contribution in [-0.4, -0.2) is 59.1 Å². The Kier molecular flexibility index (Phi) is 7.98. The molecule has 0 atom stereocenters. The molecule has 0 radical (unpaired) electrons. The molecule has 6 rings (SSSR count). The van der Waals surface area contributed by atoms with Crippen LogP contribution in [0.4, 0.5) is 17.6 Å². The first-order valence-corrected chi connectivity index (χ1v) is 14.2. The van der Waals surface area contributed by atoms with Crippen LogP contribution >= 0.6 is 0 Å². The molecule has 0 aliphatic rings. The third-order valence-electron chi connectivity index (χ3n) is 7.09. The summed E-state index contributed by atoms with van der Waals surface area (Å²) in [5.74, 6) is 0.850. The number of carbonyl (C=O) groups excluding carboxylic acids is 1. The van der Waals surface area contributed by atoms with E-state index in [2.05, 4.69) is 42.4 Å². The molecule has 12 heteroatoms. The molecule has 0 aliphatic heterocycles. The summed E-state index contributed by atoms with van der Waals surface area (Å²) in [5, 5.41) is 7.69.